The van der Waals surface area contributed by atoms with E-state index in [0.29, 0.717) is 37.7 Å². The van der Waals surface area contributed by atoms with Crippen molar-refractivity contribution in [1.82, 2.24) is 4.90 Å². The van der Waals surface area contributed by atoms with Crippen LogP contribution in [0.3, 0.4) is 0 Å². The average Bonchev–Trinajstić information content (AvgIpc) is 2.44. The van der Waals surface area contributed by atoms with Gasteiger partial charge in [0, 0.05) is 13.1 Å². The number of nitrogens with zero attached hydrogens (tertiary/aromatic N) is 1. The Kier molecular flexibility index (Phi) is 4.27. The first kappa shape index (κ1) is 13.7. The summed E-state index contributed by atoms with van der Waals surface area (Å²) < 4.78 is 10.9. The molecule has 104 valence electrons. The van der Waals surface area contributed by atoms with Crippen LogP contribution in [0.4, 0.5) is 5.69 Å². The van der Waals surface area contributed by atoms with Crippen molar-refractivity contribution in [2.45, 2.75) is 20.0 Å². The zero-order valence-corrected chi connectivity index (χ0v) is 11.4. The van der Waals surface area contributed by atoms with Crippen LogP contribution in [0, 0.1) is 6.92 Å². The van der Waals surface area contributed by atoms with Gasteiger partial charge in [0.1, 0.15) is 5.75 Å². The molecule has 0 saturated carbocycles. The van der Waals surface area contributed by atoms with Gasteiger partial charge in [0.2, 0.25) is 0 Å². The van der Waals surface area contributed by atoms with Gasteiger partial charge in [-0.15, -0.1) is 0 Å². The van der Waals surface area contributed by atoms with Crippen molar-refractivity contribution in [3.63, 3.8) is 0 Å². The van der Waals surface area contributed by atoms with Crippen LogP contribution in [0.15, 0.2) is 18.2 Å². The van der Waals surface area contributed by atoms with Crippen molar-refractivity contribution in [2.24, 2.45) is 0 Å². The molecular formula is C14H20N2O3. The van der Waals surface area contributed by atoms with E-state index in [1.807, 2.05) is 19.1 Å². The molecule has 5 nitrogen and oxygen atoms in total. The zero-order chi connectivity index (χ0) is 13.8. The molecule has 0 aromatic heterocycles. The number of nitrogen functional groups attached to an aromatic ring is 1. The minimum atomic E-state index is -0.540. The van der Waals surface area contributed by atoms with E-state index in [9.17, 15) is 4.79 Å². The third-order valence-electron chi connectivity index (χ3n) is 3.26. The Balaban J connectivity index is 2.01. The van der Waals surface area contributed by atoms with Crippen LogP contribution >= 0.6 is 0 Å². The Bertz CT molecular complexity index is 456. The summed E-state index contributed by atoms with van der Waals surface area (Å²) in [6.07, 6.45) is -0.540. The van der Waals surface area contributed by atoms with Crippen LogP contribution in [0.1, 0.15) is 12.5 Å². The molecule has 1 fully saturated rings. The highest BCUT2D eigenvalue weighted by Gasteiger charge is 2.24. The fourth-order valence-electron chi connectivity index (χ4n) is 2.04. The lowest BCUT2D eigenvalue weighted by molar-refractivity contribution is -0.142. The topological polar surface area (TPSA) is 64.8 Å². The highest BCUT2D eigenvalue weighted by atomic mass is 16.5. The number of amides is 1. The van der Waals surface area contributed by atoms with Gasteiger partial charge >= 0.3 is 0 Å². The monoisotopic (exact) mass is 264 g/mol. The van der Waals surface area contributed by atoms with Crippen molar-refractivity contribution < 1.29 is 14.3 Å². The minimum absolute atomic E-state index is 0.0239. The number of anilines is 1. The molecule has 2 N–H and O–H groups in total. The number of aryl methyl sites for hydroxylation is 1. The summed E-state index contributed by atoms with van der Waals surface area (Å²) in [6.45, 7) is 6.08. The Morgan fingerprint density at radius 2 is 2.11 bits per heavy atom. The molecule has 1 aromatic carbocycles. The summed E-state index contributed by atoms with van der Waals surface area (Å²) in [6, 6.07) is 5.56. The normalized spacial score (nSPS) is 17.1. The van der Waals surface area contributed by atoms with Gasteiger partial charge in [-0.1, -0.05) is 12.1 Å². The van der Waals surface area contributed by atoms with Crippen LogP contribution < -0.4 is 10.5 Å². The fourth-order valence-corrected chi connectivity index (χ4v) is 2.04. The molecule has 0 bridgehead atoms. The molecule has 2 rings (SSSR count). The fraction of sp³-hybridized carbons (Fsp3) is 0.500. The Hall–Kier alpha value is -1.75. The number of para-hydroxylation sites is 1. The first-order valence-corrected chi connectivity index (χ1v) is 6.48. The number of benzene rings is 1. The lowest BCUT2D eigenvalue weighted by atomic mass is 10.2. The molecule has 1 heterocycles. The van der Waals surface area contributed by atoms with E-state index in [1.165, 1.54) is 0 Å². The highest BCUT2D eigenvalue weighted by Crippen LogP contribution is 2.25. The van der Waals surface area contributed by atoms with E-state index in [4.69, 9.17) is 15.2 Å². The third-order valence-corrected chi connectivity index (χ3v) is 3.26. The molecule has 1 unspecified atom stereocenters. The Labute approximate surface area is 113 Å². The van der Waals surface area contributed by atoms with Crippen LogP contribution in [0.5, 0.6) is 5.75 Å². The Morgan fingerprint density at radius 1 is 1.42 bits per heavy atom. The molecule has 1 aliphatic heterocycles. The smallest absolute Gasteiger partial charge is 0.263 e. The summed E-state index contributed by atoms with van der Waals surface area (Å²) in [7, 11) is 0. The second kappa shape index (κ2) is 5.93. The first-order valence-electron chi connectivity index (χ1n) is 6.48. The molecule has 1 amide bonds. The summed E-state index contributed by atoms with van der Waals surface area (Å²) in [4.78, 5) is 14.0. The maximum absolute atomic E-state index is 12.2. The molecule has 0 aliphatic carbocycles. The number of carbonyl (C=O) groups excluding carboxylic acids is 1. The van der Waals surface area contributed by atoms with Gasteiger partial charge in [-0.05, 0) is 25.5 Å². The van der Waals surface area contributed by atoms with Gasteiger partial charge in [0.05, 0.1) is 18.9 Å². The number of hydrogen-bond acceptors (Lipinski definition) is 4. The number of carbonyl (C=O) groups is 1. The van der Waals surface area contributed by atoms with Crippen LogP contribution in [-0.2, 0) is 9.53 Å². The predicted octanol–water partition coefficient (Wildman–Crippen LogP) is 1.20. The maximum Gasteiger partial charge on any atom is 0.263 e. The van der Waals surface area contributed by atoms with Crippen LogP contribution in [-0.4, -0.2) is 43.2 Å². The predicted molar refractivity (Wildman–Crippen MR) is 73.1 cm³/mol. The SMILES string of the molecule is Cc1cccc(OC(C)C(=O)N2CCOCC2)c1N. The number of ether oxygens (including phenoxy) is 2. The van der Waals surface area contributed by atoms with Gasteiger partial charge in [-0.2, -0.15) is 0 Å². The van der Waals surface area contributed by atoms with Gasteiger partial charge in [-0.3, -0.25) is 4.79 Å². The Morgan fingerprint density at radius 3 is 2.79 bits per heavy atom. The summed E-state index contributed by atoms with van der Waals surface area (Å²) in [5.41, 5.74) is 7.47. The van der Waals surface area contributed by atoms with Crippen molar-refractivity contribution in [2.75, 3.05) is 32.0 Å². The largest absolute Gasteiger partial charge is 0.479 e. The van der Waals surface area contributed by atoms with Crippen molar-refractivity contribution in [3.8, 4) is 5.75 Å². The average molecular weight is 264 g/mol. The summed E-state index contributed by atoms with van der Waals surface area (Å²) in [5, 5.41) is 0. The van der Waals surface area contributed by atoms with Crippen molar-refractivity contribution in [3.05, 3.63) is 23.8 Å². The molecular weight excluding hydrogens is 244 g/mol. The summed E-state index contributed by atoms with van der Waals surface area (Å²) in [5.74, 6) is 0.540. The van der Waals surface area contributed by atoms with E-state index in [-0.39, 0.29) is 5.91 Å². The number of rotatable bonds is 3. The third kappa shape index (κ3) is 3.17. The van der Waals surface area contributed by atoms with Gasteiger partial charge < -0.3 is 20.1 Å². The van der Waals surface area contributed by atoms with Crippen molar-refractivity contribution >= 4 is 11.6 Å². The van der Waals surface area contributed by atoms with E-state index < -0.39 is 6.10 Å². The molecule has 19 heavy (non-hydrogen) atoms. The lowest BCUT2D eigenvalue weighted by Gasteiger charge is -2.29. The number of morpholine rings is 1. The highest BCUT2D eigenvalue weighted by molar-refractivity contribution is 5.81. The molecule has 1 atom stereocenters. The van der Waals surface area contributed by atoms with E-state index in [0.717, 1.165) is 5.56 Å². The van der Waals surface area contributed by atoms with Crippen LogP contribution in [0.25, 0.3) is 0 Å². The van der Waals surface area contributed by atoms with Crippen LogP contribution in [0.2, 0.25) is 0 Å². The zero-order valence-electron chi connectivity index (χ0n) is 11.4. The number of hydrogen-bond donors (Lipinski definition) is 1. The van der Waals surface area contributed by atoms with E-state index >= 15 is 0 Å². The van der Waals surface area contributed by atoms with Gasteiger partial charge in [0.25, 0.3) is 5.91 Å². The molecule has 0 spiro atoms. The van der Waals surface area contributed by atoms with E-state index in [1.54, 1.807) is 17.9 Å². The second-order valence-corrected chi connectivity index (χ2v) is 4.68. The number of nitrogens with two attached hydrogens (primary N) is 1. The van der Waals surface area contributed by atoms with E-state index in [2.05, 4.69) is 0 Å². The molecule has 5 heteroatoms. The molecule has 1 saturated heterocycles. The molecule has 0 radical (unpaired) electrons. The lowest BCUT2D eigenvalue weighted by Crippen LogP contribution is -2.46. The quantitative estimate of drug-likeness (QED) is 0.833. The molecule has 1 aliphatic rings. The second-order valence-electron chi connectivity index (χ2n) is 4.68. The maximum atomic E-state index is 12.2. The van der Waals surface area contributed by atoms with Crippen molar-refractivity contribution in [1.29, 1.82) is 0 Å². The minimum Gasteiger partial charge on any atom is -0.479 e. The first-order chi connectivity index (χ1) is 9.09. The molecule has 1 aromatic rings. The van der Waals surface area contributed by atoms with Gasteiger partial charge in [-0.25, -0.2) is 0 Å². The summed E-state index contributed by atoms with van der Waals surface area (Å²) >= 11 is 0. The van der Waals surface area contributed by atoms with Gasteiger partial charge in [0.15, 0.2) is 6.10 Å². The standard InChI is InChI=1S/C14H20N2O3/c1-10-4-3-5-12(13(10)15)19-11(2)14(17)16-6-8-18-9-7-16/h3-5,11H,6-9,15H2,1-2H3.